The van der Waals surface area contributed by atoms with E-state index in [2.05, 4.69) is 20.1 Å². The molecule has 2 atom stereocenters. The molecule has 0 aliphatic carbocycles. The molecule has 0 spiro atoms. The van der Waals surface area contributed by atoms with Crippen LogP contribution >= 0.6 is 24.0 Å². The van der Waals surface area contributed by atoms with Gasteiger partial charge in [0.05, 0.1) is 0 Å². The van der Waals surface area contributed by atoms with Crippen molar-refractivity contribution < 1.29 is 4.21 Å². The predicted octanol–water partition coefficient (Wildman–Crippen LogP) is 2.94. The van der Waals surface area contributed by atoms with E-state index in [1.165, 1.54) is 45.3 Å². The third-order valence-electron chi connectivity index (χ3n) is 5.55. The number of guanidine groups is 1. The van der Waals surface area contributed by atoms with Crippen LogP contribution in [0.4, 0.5) is 0 Å². The molecule has 0 aromatic heterocycles. The quantitative estimate of drug-likeness (QED) is 0.343. The second-order valence-electron chi connectivity index (χ2n) is 7.71. The van der Waals surface area contributed by atoms with Crippen molar-refractivity contribution in [3.05, 3.63) is 35.9 Å². The van der Waals surface area contributed by atoms with Crippen LogP contribution in [0.3, 0.4) is 0 Å². The van der Waals surface area contributed by atoms with Crippen molar-refractivity contribution in [1.29, 1.82) is 0 Å². The van der Waals surface area contributed by atoms with Crippen molar-refractivity contribution in [2.75, 3.05) is 52.1 Å². The SMILES string of the molecule is CN=C(NCCS(=O)Cc1ccccc1)N1CCC(CN2CCCCC2)C1.I. The summed E-state index contributed by atoms with van der Waals surface area (Å²) in [5.74, 6) is 2.99. The third kappa shape index (κ3) is 7.63. The summed E-state index contributed by atoms with van der Waals surface area (Å²) in [4.78, 5) is 9.46. The molecule has 2 aliphatic heterocycles. The molecule has 2 saturated heterocycles. The van der Waals surface area contributed by atoms with Crippen LogP contribution in [0.15, 0.2) is 35.3 Å². The topological polar surface area (TPSA) is 47.9 Å². The van der Waals surface area contributed by atoms with Crippen LogP contribution < -0.4 is 5.32 Å². The van der Waals surface area contributed by atoms with Crippen LogP contribution in [-0.4, -0.2) is 72.0 Å². The Morgan fingerprint density at radius 1 is 1.18 bits per heavy atom. The number of likely N-dealkylation sites (tertiary alicyclic amines) is 2. The first kappa shape index (κ1) is 23.6. The lowest BCUT2D eigenvalue weighted by Crippen LogP contribution is -2.42. The fourth-order valence-corrected chi connectivity index (χ4v) is 5.16. The molecule has 28 heavy (non-hydrogen) atoms. The maximum atomic E-state index is 12.3. The molecule has 158 valence electrons. The maximum Gasteiger partial charge on any atom is 0.193 e. The highest BCUT2D eigenvalue weighted by Gasteiger charge is 2.26. The van der Waals surface area contributed by atoms with Gasteiger partial charge in [0.15, 0.2) is 5.96 Å². The highest BCUT2D eigenvalue weighted by atomic mass is 127. The Morgan fingerprint density at radius 3 is 2.64 bits per heavy atom. The Balaban J connectivity index is 0.00000280. The standard InChI is InChI=1S/C21H34N4OS.HI/c1-22-21(23-11-15-27(26)18-19-8-4-2-5-9-19)25-14-10-20(17-25)16-24-12-6-3-7-13-24;/h2,4-5,8-9,20H,3,6-7,10-18H2,1H3,(H,22,23);1H. The van der Waals surface area contributed by atoms with Gasteiger partial charge in [-0.05, 0) is 43.8 Å². The van der Waals surface area contributed by atoms with Gasteiger partial charge in [0.1, 0.15) is 0 Å². The van der Waals surface area contributed by atoms with Crippen molar-refractivity contribution in [1.82, 2.24) is 15.1 Å². The van der Waals surface area contributed by atoms with E-state index >= 15 is 0 Å². The summed E-state index contributed by atoms with van der Waals surface area (Å²) >= 11 is 0. The molecule has 2 aliphatic rings. The second kappa shape index (κ2) is 12.8. The van der Waals surface area contributed by atoms with E-state index in [-0.39, 0.29) is 24.0 Å². The van der Waals surface area contributed by atoms with Crippen molar-refractivity contribution in [3.63, 3.8) is 0 Å². The first-order valence-corrected chi connectivity index (χ1v) is 11.8. The molecule has 1 aromatic rings. The fraction of sp³-hybridized carbons (Fsp3) is 0.667. The summed E-state index contributed by atoms with van der Waals surface area (Å²) in [7, 11) is 1.00. The average Bonchev–Trinajstić information content (AvgIpc) is 3.15. The molecule has 2 unspecified atom stereocenters. The summed E-state index contributed by atoms with van der Waals surface area (Å²) in [6.45, 7) is 6.65. The van der Waals surface area contributed by atoms with E-state index in [1.807, 2.05) is 37.4 Å². The van der Waals surface area contributed by atoms with Crippen LogP contribution in [0.1, 0.15) is 31.2 Å². The molecule has 5 nitrogen and oxygen atoms in total. The summed E-state index contributed by atoms with van der Waals surface area (Å²) in [6.07, 6.45) is 5.37. The molecule has 2 fully saturated rings. The number of nitrogens with zero attached hydrogens (tertiary/aromatic N) is 3. The maximum absolute atomic E-state index is 12.3. The van der Waals surface area contributed by atoms with E-state index in [1.54, 1.807) is 0 Å². The Bertz CT molecular complexity index is 622. The summed E-state index contributed by atoms with van der Waals surface area (Å²) in [5, 5.41) is 3.42. The number of aliphatic imine (C=N–C) groups is 1. The largest absolute Gasteiger partial charge is 0.355 e. The highest BCUT2D eigenvalue weighted by molar-refractivity contribution is 14.0. The van der Waals surface area contributed by atoms with E-state index in [9.17, 15) is 4.21 Å². The van der Waals surface area contributed by atoms with Gasteiger partial charge in [0.25, 0.3) is 0 Å². The molecule has 0 amide bonds. The van der Waals surface area contributed by atoms with Gasteiger partial charge in [-0.15, -0.1) is 24.0 Å². The molecule has 0 bridgehead atoms. The lowest BCUT2D eigenvalue weighted by Gasteiger charge is -2.29. The molecular weight excluding hydrogens is 483 g/mol. The van der Waals surface area contributed by atoms with Gasteiger partial charge in [-0.25, -0.2) is 0 Å². The molecule has 1 N–H and O–H groups in total. The number of benzene rings is 1. The van der Waals surface area contributed by atoms with E-state index in [4.69, 9.17) is 0 Å². The van der Waals surface area contributed by atoms with Gasteiger partial charge >= 0.3 is 0 Å². The van der Waals surface area contributed by atoms with Crippen LogP contribution in [0.25, 0.3) is 0 Å². The van der Waals surface area contributed by atoms with Crippen LogP contribution in [0.2, 0.25) is 0 Å². The lowest BCUT2D eigenvalue weighted by atomic mass is 10.1. The first-order valence-electron chi connectivity index (χ1n) is 10.3. The van der Waals surface area contributed by atoms with Gasteiger partial charge in [0, 0.05) is 55.5 Å². The molecule has 0 radical (unpaired) electrons. The Hall–Kier alpha value is -0.670. The Morgan fingerprint density at radius 2 is 1.93 bits per heavy atom. The van der Waals surface area contributed by atoms with Crippen molar-refractivity contribution in [3.8, 4) is 0 Å². The number of piperidine rings is 1. The zero-order valence-corrected chi connectivity index (χ0v) is 20.2. The monoisotopic (exact) mass is 518 g/mol. The molecular formula is C21H35IN4OS. The number of rotatable bonds is 7. The summed E-state index contributed by atoms with van der Waals surface area (Å²) < 4.78 is 12.3. The number of nitrogens with one attached hydrogen (secondary N) is 1. The van der Waals surface area contributed by atoms with Gasteiger partial charge in [-0.1, -0.05) is 36.8 Å². The lowest BCUT2D eigenvalue weighted by molar-refractivity contribution is 0.198. The van der Waals surface area contributed by atoms with E-state index < -0.39 is 10.8 Å². The summed E-state index contributed by atoms with van der Waals surface area (Å²) in [6, 6.07) is 10.1. The van der Waals surface area contributed by atoms with Gasteiger partial charge < -0.3 is 15.1 Å². The van der Waals surface area contributed by atoms with Gasteiger partial charge in [0.2, 0.25) is 0 Å². The fourth-order valence-electron chi connectivity index (χ4n) is 4.12. The van der Waals surface area contributed by atoms with Gasteiger partial charge in [-0.2, -0.15) is 0 Å². The van der Waals surface area contributed by atoms with Crippen LogP contribution in [0, 0.1) is 5.92 Å². The minimum Gasteiger partial charge on any atom is -0.355 e. The normalized spacial score (nSPS) is 22.0. The summed E-state index contributed by atoms with van der Waals surface area (Å²) in [5.41, 5.74) is 1.14. The van der Waals surface area contributed by atoms with Crippen molar-refractivity contribution in [2.45, 2.75) is 31.4 Å². The first-order chi connectivity index (χ1) is 13.2. The van der Waals surface area contributed by atoms with Crippen molar-refractivity contribution >= 4 is 40.7 Å². The predicted molar refractivity (Wildman–Crippen MR) is 130 cm³/mol. The Kier molecular flexibility index (Phi) is 10.8. The van der Waals surface area contributed by atoms with Crippen LogP contribution in [0.5, 0.6) is 0 Å². The number of hydrogen-bond acceptors (Lipinski definition) is 3. The smallest absolute Gasteiger partial charge is 0.193 e. The molecule has 1 aromatic carbocycles. The van der Waals surface area contributed by atoms with E-state index in [0.29, 0.717) is 18.1 Å². The third-order valence-corrected chi connectivity index (χ3v) is 6.86. The highest BCUT2D eigenvalue weighted by Crippen LogP contribution is 2.19. The minimum atomic E-state index is -0.846. The van der Waals surface area contributed by atoms with E-state index in [0.717, 1.165) is 30.5 Å². The van der Waals surface area contributed by atoms with Crippen molar-refractivity contribution in [2.24, 2.45) is 10.9 Å². The Labute approximate surface area is 189 Å². The molecule has 7 heteroatoms. The molecule has 3 rings (SSSR count). The second-order valence-corrected chi connectivity index (χ2v) is 9.29. The minimum absolute atomic E-state index is 0. The zero-order valence-electron chi connectivity index (χ0n) is 17.0. The van der Waals surface area contributed by atoms with Gasteiger partial charge in [-0.3, -0.25) is 9.20 Å². The molecule has 2 heterocycles. The molecule has 0 saturated carbocycles. The number of halogens is 1. The zero-order chi connectivity index (χ0) is 18.9. The number of hydrogen-bond donors (Lipinski definition) is 1. The van der Waals surface area contributed by atoms with Crippen LogP contribution in [-0.2, 0) is 16.6 Å². The average molecular weight is 519 g/mol.